The number of hydrogen-bond acceptors (Lipinski definition) is 3. The van der Waals surface area contributed by atoms with Crippen molar-refractivity contribution >= 4 is 28.9 Å². The van der Waals surface area contributed by atoms with Crippen molar-refractivity contribution in [1.29, 1.82) is 0 Å². The summed E-state index contributed by atoms with van der Waals surface area (Å²) in [4.78, 5) is 12.0. The Balaban J connectivity index is 1.45. The first kappa shape index (κ1) is 18.8. The first-order chi connectivity index (χ1) is 13.1. The van der Waals surface area contributed by atoms with Gasteiger partial charge in [-0.25, -0.2) is 0 Å². The maximum atomic E-state index is 12.0. The molecular formula is C22H21ClN2O2. The van der Waals surface area contributed by atoms with E-state index < -0.39 is 0 Å². The van der Waals surface area contributed by atoms with Gasteiger partial charge >= 0.3 is 0 Å². The second kappa shape index (κ2) is 9.10. The largest absolute Gasteiger partial charge is 0.484 e. The van der Waals surface area contributed by atoms with Crippen LogP contribution in [0.2, 0.25) is 5.02 Å². The maximum Gasteiger partial charge on any atom is 0.262 e. The third-order valence-electron chi connectivity index (χ3n) is 3.97. The second-order valence-electron chi connectivity index (χ2n) is 6.21. The van der Waals surface area contributed by atoms with E-state index in [0.29, 0.717) is 17.3 Å². The lowest BCUT2D eigenvalue weighted by Gasteiger charge is -2.09. The van der Waals surface area contributed by atoms with Crippen molar-refractivity contribution < 1.29 is 9.53 Å². The van der Waals surface area contributed by atoms with Crippen LogP contribution in [0.4, 0.5) is 11.4 Å². The Hall–Kier alpha value is -2.98. The van der Waals surface area contributed by atoms with Crippen LogP contribution < -0.4 is 15.4 Å². The number of ether oxygens (including phenoxy) is 1. The molecule has 3 rings (SSSR count). The summed E-state index contributed by atoms with van der Waals surface area (Å²) in [6.07, 6.45) is 0. The topological polar surface area (TPSA) is 50.4 Å². The number of carbonyl (C=O) groups excluding carboxylic acids is 1. The molecule has 27 heavy (non-hydrogen) atoms. The average Bonchev–Trinajstić information content (AvgIpc) is 2.68. The fourth-order valence-corrected chi connectivity index (χ4v) is 2.58. The summed E-state index contributed by atoms with van der Waals surface area (Å²) in [7, 11) is 0. The summed E-state index contributed by atoms with van der Waals surface area (Å²) < 4.78 is 5.55. The molecule has 3 aromatic carbocycles. The molecule has 3 aromatic rings. The number of rotatable bonds is 7. The number of benzene rings is 3. The van der Waals surface area contributed by atoms with Crippen LogP contribution in [-0.2, 0) is 11.3 Å². The van der Waals surface area contributed by atoms with Gasteiger partial charge in [-0.05, 0) is 61.0 Å². The Bertz CT molecular complexity index is 876. The lowest BCUT2D eigenvalue weighted by atomic mass is 10.2. The predicted octanol–water partition coefficient (Wildman–Crippen LogP) is 5.28. The van der Waals surface area contributed by atoms with Crippen LogP contribution in [-0.4, -0.2) is 12.5 Å². The molecule has 0 atom stereocenters. The minimum Gasteiger partial charge on any atom is -0.484 e. The number of anilines is 2. The van der Waals surface area contributed by atoms with Crippen LogP contribution in [0, 0.1) is 6.92 Å². The van der Waals surface area contributed by atoms with E-state index in [1.165, 1.54) is 0 Å². The Kier molecular flexibility index (Phi) is 6.34. The molecule has 0 radical (unpaired) electrons. The van der Waals surface area contributed by atoms with Gasteiger partial charge in [-0.15, -0.1) is 0 Å². The van der Waals surface area contributed by atoms with Crippen molar-refractivity contribution in [3.63, 3.8) is 0 Å². The van der Waals surface area contributed by atoms with Crippen LogP contribution in [0.15, 0.2) is 72.8 Å². The van der Waals surface area contributed by atoms with E-state index >= 15 is 0 Å². The van der Waals surface area contributed by atoms with Crippen molar-refractivity contribution in [1.82, 2.24) is 0 Å². The number of nitrogens with one attached hydrogen (secondary N) is 2. The maximum absolute atomic E-state index is 12.0. The predicted molar refractivity (Wildman–Crippen MR) is 111 cm³/mol. The second-order valence-corrected chi connectivity index (χ2v) is 6.64. The summed E-state index contributed by atoms with van der Waals surface area (Å²) in [6, 6.07) is 22.9. The summed E-state index contributed by atoms with van der Waals surface area (Å²) in [6.45, 7) is 2.66. The van der Waals surface area contributed by atoms with Gasteiger partial charge in [0.15, 0.2) is 6.61 Å². The van der Waals surface area contributed by atoms with Gasteiger partial charge < -0.3 is 15.4 Å². The third-order valence-corrected chi connectivity index (χ3v) is 4.22. The lowest BCUT2D eigenvalue weighted by Crippen LogP contribution is -2.20. The zero-order valence-electron chi connectivity index (χ0n) is 15.0. The minimum atomic E-state index is -0.188. The molecule has 0 unspecified atom stereocenters. The highest BCUT2D eigenvalue weighted by Crippen LogP contribution is 2.16. The monoisotopic (exact) mass is 380 g/mol. The standard InChI is InChI=1S/C22H21ClN2O2/c1-16-2-8-20(9-3-16)25-22(26)15-27-21-12-4-17(5-13-21)14-24-19-10-6-18(23)7-11-19/h2-13,24H,14-15H2,1H3,(H,25,26). The van der Waals surface area contributed by atoms with Crippen LogP contribution in [0.5, 0.6) is 5.75 Å². The SMILES string of the molecule is Cc1ccc(NC(=O)COc2ccc(CNc3ccc(Cl)cc3)cc2)cc1. The number of carbonyl (C=O) groups is 1. The van der Waals surface area contributed by atoms with Crippen LogP contribution in [0.25, 0.3) is 0 Å². The lowest BCUT2D eigenvalue weighted by molar-refractivity contribution is -0.118. The highest BCUT2D eigenvalue weighted by molar-refractivity contribution is 6.30. The van der Waals surface area contributed by atoms with Crippen molar-refractivity contribution in [2.75, 3.05) is 17.2 Å². The van der Waals surface area contributed by atoms with Crippen LogP contribution in [0.3, 0.4) is 0 Å². The normalized spacial score (nSPS) is 10.3. The van der Waals surface area contributed by atoms with E-state index in [1.54, 1.807) is 0 Å². The Morgan fingerprint density at radius 1 is 0.889 bits per heavy atom. The van der Waals surface area contributed by atoms with Gasteiger partial charge in [-0.3, -0.25) is 4.79 Å². The highest BCUT2D eigenvalue weighted by atomic mass is 35.5. The van der Waals surface area contributed by atoms with Crippen molar-refractivity contribution in [2.45, 2.75) is 13.5 Å². The molecule has 0 aliphatic carbocycles. The summed E-state index contributed by atoms with van der Waals surface area (Å²) in [5, 5.41) is 6.85. The van der Waals surface area contributed by atoms with E-state index in [0.717, 1.165) is 22.5 Å². The molecular weight excluding hydrogens is 360 g/mol. The average molecular weight is 381 g/mol. The number of hydrogen-bond donors (Lipinski definition) is 2. The number of halogens is 1. The van der Waals surface area contributed by atoms with Gasteiger partial charge in [0.1, 0.15) is 5.75 Å². The molecule has 1 amide bonds. The number of amides is 1. The molecule has 0 bridgehead atoms. The first-order valence-electron chi connectivity index (χ1n) is 8.66. The van der Waals surface area contributed by atoms with Gasteiger partial charge in [0, 0.05) is 22.9 Å². The van der Waals surface area contributed by atoms with Crippen molar-refractivity contribution in [2.24, 2.45) is 0 Å². The van der Waals surface area contributed by atoms with E-state index in [9.17, 15) is 4.79 Å². The molecule has 4 nitrogen and oxygen atoms in total. The molecule has 5 heteroatoms. The van der Waals surface area contributed by atoms with Gasteiger partial charge in [0.2, 0.25) is 0 Å². The molecule has 2 N–H and O–H groups in total. The zero-order valence-corrected chi connectivity index (χ0v) is 15.8. The molecule has 0 heterocycles. The van der Waals surface area contributed by atoms with Gasteiger partial charge in [-0.1, -0.05) is 41.4 Å². The first-order valence-corrected chi connectivity index (χ1v) is 9.04. The highest BCUT2D eigenvalue weighted by Gasteiger charge is 2.04. The van der Waals surface area contributed by atoms with Gasteiger partial charge in [0.05, 0.1) is 0 Å². The van der Waals surface area contributed by atoms with Crippen LogP contribution >= 0.6 is 11.6 Å². The smallest absolute Gasteiger partial charge is 0.262 e. The molecule has 0 aromatic heterocycles. The third kappa shape index (κ3) is 6.04. The summed E-state index contributed by atoms with van der Waals surface area (Å²) in [5.74, 6) is 0.469. The summed E-state index contributed by atoms with van der Waals surface area (Å²) >= 11 is 5.88. The number of aryl methyl sites for hydroxylation is 1. The molecule has 0 spiro atoms. The molecule has 0 aliphatic heterocycles. The summed E-state index contributed by atoms with van der Waals surface area (Å²) in [5.41, 5.74) is 4.03. The minimum absolute atomic E-state index is 0.0315. The zero-order chi connectivity index (χ0) is 19.1. The fourth-order valence-electron chi connectivity index (χ4n) is 2.46. The molecule has 0 fully saturated rings. The van der Waals surface area contributed by atoms with Crippen molar-refractivity contribution in [3.8, 4) is 5.75 Å². The Morgan fingerprint density at radius 2 is 1.52 bits per heavy atom. The molecule has 138 valence electrons. The van der Waals surface area contributed by atoms with Gasteiger partial charge in [-0.2, -0.15) is 0 Å². The fraction of sp³-hybridized carbons (Fsp3) is 0.136. The molecule has 0 aliphatic rings. The molecule has 0 saturated carbocycles. The van der Waals surface area contributed by atoms with E-state index in [2.05, 4.69) is 10.6 Å². The van der Waals surface area contributed by atoms with Gasteiger partial charge in [0.25, 0.3) is 5.91 Å². The van der Waals surface area contributed by atoms with E-state index in [1.807, 2.05) is 79.7 Å². The van der Waals surface area contributed by atoms with Crippen molar-refractivity contribution in [3.05, 3.63) is 88.9 Å². The molecule has 0 saturated heterocycles. The Morgan fingerprint density at radius 3 is 2.19 bits per heavy atom. The van der Waals surface area contributed by atoms with E-state index in [4.69, 9.17) is 16.3 Å². The quantitative estimate of drug-likeness (QED) is 0.586. The van der Waals surface area contributed by atoms with Crippen LogP contribution in [0.1, 0.15) is 11.1 Å². The Labute approximate surface area is 164 Å². The van der Waals surface area contributed by atoms with E-state index in [-0.39, 0.29) is 12.5 Å².